The normalized spacial score (nSPS) is 16.1. The molecular formula is C31H28INO5. The summed E-state index contributed by atoms with van der Waals surface area (Å²) in [5.74, 6) is -0.0360. The van der Waals surface area contributed by atoms with Crippen LogP contribution in [0.15, 0.2) is 77.5 Å². The van der Waals surface area contributed by atoms with Gasteiger partial charge in [-0.1, -0.05) is 54.1 Å². The van der Waals surface area contributed by atoms with E-state index >= 15 is 0 Å². The lowest BCUT2D eigenvalue weighted by atomic mass is 9.79. The number of rotatable bonds is 7. The number of hydrogen-bond acceptors (Lipinski definition) is 6. The Morgan fingerprint density at radius 2 is 1.79 bits per heavy atom. The van der Waals surface area contributed by atoms with E-state index in [4.69, 9.17) is 14.2 Å². The smallest absolute Gasteiger partial charge is 0.336 e. The number of aryl methyl sites for hydroxylation is 1. The Kier molecular flexibility index (Phi) is 7.29. The summed E-state index contributed by atoms with van der Waals surface area (Å²) in [6.45, 7) is 6.28. The first-order valence-corrected chi connectivity index (χ1v) is 13.5. The topological polar surface area (TPSA) is 73.9 Å². The highest BCUT2D eigenvalue weighted by molar-refractivity contribution is 14.1. The van der Waals surface area contributed by atoms with Gasteiger partial charge >= 0.3 is 5.97 Å². The number of carbonyl (C=O) groups excluding carboxylic acids is 2. The fraction of sp³-hybridized carbons (Fsp3) is 0.226. The summed E-state index contributed by atoms with van der Waals surface area (Å²) in [6.07, 6.45) is 0. The van der Waals surface area contributed by atoms with Crippen LogP contribution in [0.4, 0.5) is 0 Å². The van der Waals surface area contributed by atoms with E-state index in [0.29, 0.717) is 40.5 Å². The number of allylic oxidation sites excluding steroid dienone is 2. The first-order chi connectivity index (χ1) is 18.3. The number of Topliss-reactive ketones (excluding diaryl/α,β-unsaturated/α-hetero) is 1. The largest absolute Gasteiger partial charge is 0.493 e. The second-order valence-electron chi connectivity index (χ2n) is 9.29. The van der Waals surface area contributed by atoms with Crippen LogP contribution in [0.3, 0.4) is 0 Å². The molecule has 0 bridgehead atoms. The molecule has 0 saturated heterocycles. The van der Waals surface area contributed by atoms with Gasteiger partial charge < -0.3 is 19.5 Å². The molecule has 0 aromatic heterocycles. The predicted molar refractivity (Wildman–Crippen MR) is 154 cm³/mol. The maximum absolute atomic E-state index is 13.7. The number of benzene rings is 3. The SMILES string of the molecule is CCOC(=O)C1=C(C)NC2=C(C(=O)c3ccccc32)[C@@H]1c1cc(I)c(OCc2cccc(C)c2)c(OC)c1. The van der Waals surface area contributed by atoms with E-state index in [1.54, 1.807) is 14.0 Å². The summed E-state index contributed by atoms with van der Waals surface area (Å²) in [6, 6.07) is 19.5. The monoisotopic (exact) mass is 621 g/mol. The Bertz CT molecular complexity index is 1520. The summed E-state index contributed by atoms with van der Waals surface area (Å²) in [5.41, 5.74) is 6.76. The fourth-order valence-electron chi connectivity index (χ4n) is 5.15. The van der Waals surface area contributed by atoms with Crippen LogP contribution in [0.5, 0.6) is 11.5 Å². The number of carbonyl (C=O) groups is 2. The highest BCUT2D eigenvalue weighted by Crippen LogP contribution is 2.48. The first-order valence-electron chi connectivity index (χ1n) is 12.4. The number of dihydropyridines is 1. The van der Waals surface area contributed by atoms with Crippen LogP contribution in [0.1, 0.15) is 52.4 Å². The molecule has 38 heavy (non-hydrogen) atoms. The van der Waals surface area contributed by atoms with E-state index in [1.807, 2.05) is 68.4 Å². The fourth-order valence-corrected chi connectivity index (χ4v) is 5.93. The summed E-state index contributed by atoms with van der Waals surface area (Å²) in [7, 11) is 1.59. The molecule has 0 radical (unpaired) electrons. The Labute approximate surface area is 235 Å². The lowest BCUT2D eigenvalue weighted by Crippen LogP contribution is -2.29. The predicted octanol–water partition coefficient (Wildman–Crippen LogP) is 6.32. The lowest BCUT2D eigenvalue weighted by Gasteiger charge is -2.30. The van der Waals surface area contributed by atoms with Crippen LogP contribution < -0.4 is 14.8 Å². The lowest BCUT2D eigenvalue weighted by molar-refractivity contribution is -0.138. The number of hydrogen-bond donors (Lipinski definition) is 1. The van der Waals surface area contributed by atoms with Crippen molar-refractivity contribution in [2.45, 2.75) is 33.3 Å². The van der Waals surface area contributed by atoms with Crippen LogP contribution in [0.25, 0.3) is 5.70 Å². The van der Waals surface area contributed by atoms with Gasteiger partial charge in [-0.3, -0.25) is 4.79 Å². The number of methoxy groups -OCH3 is 1. The van der Waals surface area contributed by atoms with Crippen LogP contribution in [-0.4, -0.2) is 25.5 Å². The zero-order valence-electron chi connectivity index (χ0n) is 21.7. The van der Waals surface area contributed by atoms with E-state index in [-0.39, 0.29) is 12.4 Å². The molecule has 0 saturated carbocycles. The van der Waals surface area contributed by atoms with Gasteiger partial charge in [0.1, 0.15) is 6.61 Å². The minimum absolute atomic E-state index is 0.101. The Morgan fingerprint density at radius 1 is 1.03 bits per heavy atom. The maximum atomic E-state index is 13.7. The summed E-state index contributed by atoms with van der Waals surface area (Å²) >= 11 is 2.22. The molecule has 1 N–H and O–H groups in total. The van der Waals surface area contributed by atoms with Gasteiger partial charge in [0.15, 0.2) is 17.3 Å². The Balaban J connectivity index is 1.60. The number of nitrogens with one attached hydrogen (secondary N) is 1. The quantitative estimate of drug-likeness (QED) is 0.246. The number of ether oxygens (including phenoxy) is 3. The molecular weight excluding hydrogens is 593 g/mol. The van der Waals surface area contributed by atoms with Gasteiger partial charge in [0.2, 0.25) is 0 Å². The van der Waals surface area contributed by atoms with Crippen molar-refractivity contribution in [2.75, 3.05) is 13.7 Å². The highest BCUT2D eigenvalue weighted by Gasteiger charge is 2.43. The van der Waals surface area contributed by atoms with Crippen molar-refractivity contribution in [3.05, 3.63) is 109 Å². The number of fused-ring (bicyclic) bond motifs is 2. The second kappa shape index (κ2) is 10.6. The van der Waals surface area contributed by atoms with Gasteiger partial charge in [0, 0.05) is 28.3 Å². The molecule has 0 spiro atoms. The van der Waals surface area contributed by atoms with E-state index in [1.165, 1.54) is 0 Å². The average Bonchev–Trinajstić information content (AvgIpc) is 3.18. The molecule has 194 valence electrons. The molecule has 1 aliphatic heterocycles. The van der Waals surface area contributed by atoms with Gasteiger partial charge in [-0.15, -0.1) is 0 Å². The van der Waals surface area contributed by atoms with Gasteiger partial charge in [-0.25, -0.2) is 4.79 Å². The van der Waals surface area contributed by atoms with Gasteiger partial charge in [0.05, 0.1) is 28.6 Å². The zero-order chi connectivity index (χ0) is 27.0. The molecule has 1 atom stereocenters. The van der Waals surface area contributed by atoms with E-state index < -0.39 is 11.9 Å². The summed E-state index contributed by atoms with van der Waals surface area (Å²) < 4.78 is 18.2. The number of ketones is 1. The molecule has 0 amide bonds. The molecule has 5 rings (SSSR count). The third kappa shape index (κ3) is 4.60. The average molecular weight is 621 g/mol. The standard InChI is InChI=1S/C31H28INO5/c1-5-37-31(35)25-18(3)33-28-21-11-6-7-12-22(21)29(34)27(28)26(25)20-14-23(32)30(24(15-20)36-4)38-16-19-10-8-9-17(2)13-19/h6-15,26,33H,5,16H2,1-4H3/t26-/m1/s1. The van der Waals surface area contributed by atoms with Gasteiger partial charge in [-0.05, 0) is 66.6 Å². The van der Waals surface area contributed by atoms with Crippen molar-refractivity contribution in [1.29, 1.82) is 0 Å². The van der Waals surface area contributed by atoms with Crippen LogP contribution in [-0.2, 0) is 16.1 Å². The van der Waals surface area contributed by atoms with Crippen molar-refractivity contribution >= 4 is 40.0 Å². The molecule has 3 aromatic rings. The molecule has 2 aliphatic rings. The minimum atomic E-state index is -0.626. The van der Waals surface area contributed by atoms with E-state index in [9.17, 15) is 9.59 Å². The van der Waals surface area contributed by atoms with Crippen molar-refractivity contribution in [3.63, 3.8) is 0 Å². The highest BCUT2D eigenvalue weighted by atomic mass is 127. The summed E-state index contributed by atoms with van der Waals surface area (Å²) in [5, 5.41) is 3.33. The van der Waals surface area contributed by atoms with Crippen molar-refractivity contribution < 1.29 is 23.8 Å². The number of halogens is 1. The van der Waals surface area contributed by atoms with Gasteiger partial charge in [0.25, 0.3) is 0 Å². The molecule has 1 heterocycles. The molecule has 0 unspecified atom stereocenters. The van der Waals surface area contributed by atoms with Gasteiger partial charge in [-0.2, -0.15) is 0 Å². The Hall–Kier alpha value is -3.59. The molecule has 3 aromatic carbocycles. The third-order valence-electron chi connectivity index (χ3n) is 6.79. The van der Waals surface area contributed by atoms with Crippen molar-refractivity contribution in [3.8, 4) is 11.5 Å². The zero-order valence-corrected chi connectivity index (χ0v) is 23.8. The molecule has 7 heteroatoms. The maximum Gasteiger partial charge on any atom is 0.336 e. The molecule has 6 nitrogen and oxygen atoms in total. The summed E-state index contributed by atoms with van der Waals surface area (Å²) in [4.78, 5) is 27.0. The molecule has 1 aliphatic carbocycles. The first kappa shape index (κ1) is 26.0. The van der Waals surface area contributed by atoms with Crippen molar-refractivity contribution in [2.24, 2.45) is 0 Å². The van der Waals surface area contributed by atoms with Crippen LogP contribution >= 0.6 is 22.6 Å². The third-order valence-corrected chi connectivity index (χ3v) is 7.60. The minimum Gasteiger partial charge on any atom is -0.493 e. The Morgan fingerprint density at radius 3 is 2.50 bits per heavy atom. The number of esters is 1. The van der Waals surface area contributed by atoms with E-state index in [2.05, 4.69) is 34.0 Å². The second-order valence-corrected chi connectivity index (χ2v) is 10.5. The van der Waals surface area contributed by atoms with Crippen molar-refractivity contribution in [1.82, 2.24) is 5.32 Å². The molecule has 0 fully saturated rings. The van der Waals surface area contributed by atoms with Crippen LogP contribution in [0, 0.1) is 10.5 Å². The van der Waals surface area contributed by atoms with Crippen LogP contribution in [0.2, 0.25) is 0 Å². The van der Waals surface area contributed by atoms with E-state index in [0.717, 1.165) is 31.5 Å².